The van der Waals surface area contributed by atoms with Crippen LogP contribution in [0.1, 0.15) is 33.6 Å². The largest absolute Gasteiger partial charge is 0.330 e. The molecule has 1 N–H and O–H groups in total. The summed E-state index contributed by atoms with van der Waals surface area (Å²) in [6.07, 6.45) is 6.34. The summed E-state index contributed by atoms with van der Waals surface area (Å²) in [6.45, 7) is 8.73. The third-order valence-corrected chi connectivity index (χ3v) is 3.80. The zero-order valence-electron chi connectivity index (χ0n) is 12.0. The Kier molecular flexibility index (Phi) is 4.77. The van der Waals surface area contributed by atoms with E-state index >= 15 is 0 Å². The monoisotopic (exact) mass is 277 g/mol. The molecule has 0 bridgehead atoms. The highest BCUT2D eigenvalue weighted by Crippen LogP contribution is 2.23. The van der Waals surface area contributed by atoms with Crippen LogP contribution in [0.4, 0.5) is 0 Å². The average Bonchev–Trinajstić information content (AvgIpc) is 2.96. The Morgan fingerprint density at radius 1 is 1.32 bits per heavy atom. The maximum atomic E-state index is 4.45. The van der Waals surface area contributed by atoms with Gasteiger partial charge in [0.05, 0.1) is 4.88 Å². The summed E-state index contributed by atoms with van der Waals surface area (Å²) in [6, 6.07) is 4.21. The molecule has 0 aliphatic carbocycles. The molecule has 2 rings (SSSR count). The fourth-order valence-electron chi connectivity index (χ4n) is 1.99. The van der Waals surface area contributed by atoms with Gasteiger partial charge < -0.3 is 9.88 Å². The van der Waals surface area contributed by atoms with Crippen LogP contribution in [0.5, 0.6) is 0 Å². The molecule has 2 heterocycles. The molecule has 0 amide bonds. The van der Waals surface area contributed by atoms with E-state index in [4.69, 9.17) is 0 Å². The standard InChI is InChI=1S/C15H23N3S/c1-15(2,3)17-8-4-5-10-18-11-9-16-14(18)13-7-6-12-19-13/h6-7,9,11-12,17H,4-5,8,10H2,1-3H3. The Morgan fingerprint density at radius 3 is 2.84 bits per heavy atom. The molecular formula is C15H23N3S. The van der Waals surface area contributed by atoms with E-state index in [1.807, 2.05) is 6.20 Å². The van der Waals surface area contributed by atoms with Crippen molar-refractivity contribution in [3.63, 3.8) is 0 Å². The number of aryl methyl sites for hydroxylation is 1. The van der Waals surface area contributed by atoms with Gasteiger partial charge in [-0.1, -0.05) is 6.07 Å². The molecule has 19 heavy (non-hydrogen) atoms. The molecule has 0 spiro atoms. The summed E-state index contributed by atoms with van der Waals surface area (Å²) in [5.41, 5.74) is 0.219. The molecule has 2 aromatic heterocycles. The van der Waals surface area contributed by atoms with Crippen LogP contribution in [0.3, 0.4) is 0 Å². The number of imidazole rings is 1. The van der Waals surface area contributed by atoms with Crippen molar-refractivity contribution in [1.29, 1.82) is 0 Å². The zero-order valence-corrected chi connectivity index (χ0v) is 12.8. The van der Waals surface area contributed by atoms with Crippen LogP contribution in [0.25, 0.3) is 10.7 Å². The Labute approximate surface area is 119 Å². The topological polar surface area (TPSA) is 29.9 Å². The van der Waals surface area contributed by atoms with Gasteiger partial charge >= 0.3 is 0 Å². The van der Waals surface area contributed by atoms with Crippen LogP contribution in [0.15, 0.2) is 29.9 Å². The predicted octanol–water partition coefficient (Wildman–Crippen LogP) is 3.78. The molecule has 0 saturated heterocycles. The van der Waals surface area contributed by atoms with Crippen LogP contribution < -0.4 is 5.32 Å². The molecule has 0 radical (unpaired) electrons. The molecule has 0 atom stereocenters. The fourth-order valence-corrected chi connectivity index (χ4v) is 2.73. The van der Waals surface area contributed by atoms with Crippen molar-refractivity contribution in [3.05, 3.63) is 29.9 Å². The Bertz CT molecular complexity index is 480. The van der Waals surface area contributed by atoms with Crippen molar-refractivity contribution in [3.8, 4) is 10.7 Å². The minimum Gasteiger partial charge on any atom is -0.330 e. The molecule has 4 heteroatoms. The highest BCUT2D eigenvalue weighted by atomic mass is 32.1. The van der Waals surface area contributed by atoms with E-state index in [0.717, 1.165) is 18.9 Å². The van der Waals surface area contributed by atoms with Gasteiger partial charge in [0.25, 0.3) is 0 Å². The van der Waals surface area contributed by atoms with Gasteiger partial charge in [-0.2, -0.15) is 0 Å². The molecule has 2 aromatic rings. The number of thiophene rings is 1. The van der Waals surface area contributed by atoms with Gasteiger partial charge in [0.1, 0.15) is 5.82 Å². The second-order valence-electron chi connectivity index (χ2n) is 5.81. The number of nitrogens with zero attached hydrogens (tertiary/aromatic N) is 2. The summed E-state index contributed by atoms with van der Waals surface area (Å²) >= 11 is 1.75. The minimum absolute atomic E-state index is 0.219. The minimum atomic E-state index is 0.219. The second kappa shape index (κ2) is 6.35. The van der Waals surface area contributed by atoms with Crippen molar-refractivity contribution in [1.82, 2.24) is 14.9 Å². The molecule has 3 nitrogen and oxygen atoms in total. The summed E-state index contributed by atoms with van der Waals surface area (Å²) in [4.78, 5) is 5.70. The maximum absolute atomic E-state index is 4.45. The average molecular weight is 277 g/mol. The zero-order chi connectivity index (χ0) is 13.7. The van der Waals surface area contributed by atoms with E-state index in [1.54, 1.807) is 11.3 Å². The summed E-state index contributed by atoms with van der Waals surface area (Å²) in [5, 5.41) is 5.62. The van der Waals surface area contributed by atoms with Crippen LogP contribution in [-0.4, -0.2) is 21.6 Å². The molecule has 0 aliphatic rings. The van der Waals surface area contributed by atoms with Crippen LogP contribution in [0, 0.1) is 0 Å². The third-order valence-electron chi connectivity index (χ3n) is 2.94. The SMILES string of the molecule is CC(C)(C)NCCCCn1ccnc1-c1cccs1. The molecule has 0 fully saturated rings. The lowest BCUT2D eigenvalue weighted by atomic mass is 10.1. The molecule has 0 aliphatic heterocycles. The van der Waals surface area contributed by atoms with Crippen LogP contribution in [-0.2, 0) is 6.54 Å². The van der Waals surface area contributed by atoms with Gasteiger partial charge in [0.2, 0.25) is 0 Å². The van der Waals surface area contributed by atoms with E-state index in [1.165, 1.54) is 17.7 Å². The normalized spacial score (nSPS) is 11.9. The molecule has 0 saturated carbocycles. The van der Waals surface area contributed by atoms with Crippen molar-refractivity contribution in [2.75, 3.05) is 6.54 Å². The van der Waals surface area contributed by atoms with Gasteiger partial charge in [-0.15, -0.1) is 11.3 Å². The highest BCUT2D eigenvalue weighted by Gasteiger charge is 2.08. The first-order chi connectivity index (χ1) is 9.06. The first kappa shape index (κ1) is 14.3. The second-order valence-corrected chi connectivity index (χ2v) is 6.75. The molecular weight excluding hydrogens is 254 g/mol. The van der Waals surface area contributed by atoms with Crippen molar-refractivity contribution >= 4 is 11.3 Å². The van der Waals surface area contributed by atoms with E-state index in [0.29, 0.717) is 0 Å². The summed E-state index contributed by atoms with van der Waals surface area (Å²) in [7, 11) is 0. The van der Waals surface area contributed by atoms with Gasteiger partial charge in [-0.05, 0) is 51.6 Å². The van der Waals surface area contributed by atoms with Gasteiger partial charge in [-0.25, -0.2) is 4.98 Å². The number of hydrogen-bond donors (Lipinski definition) is 1. The third kappa shape index (κ3) is 4.48. The van der Waals surface area contributed by atoms with E-state index in [-0.39, 0.29) is 5.54 Å². The Balaban J connectivity index is 1.80. The lowest BCUT2D eigenvalue weighted by Crippen LogP contribution is -2.36. The Morgan fingerprint density at radius 2 is 2.16 bits per heavy atom. The lowest BCUT2D eigenvalue weighted by molar-refractivity contribution is 0.414. The maximum Gasteiger partial charge on any atom is 0.149 e. The first-order valence-corrected chi connectivity index (χ1v) is 7.74. The first-order valence-electron chi connectivity index (χ1n) is 6.86. The van der Waals surface area contributed by atoms with Gasteiger partial charge in [0.15, 0.2) is 0 Å². The van der Waals surface area contributed by atoms with E-state index in [2.05, 4.69) is 59.3 Å². The van der Waals surface area contributed by atoms with Gasteiger partial charge in [-0.3, -0.25) is 0 Å². The van der Waals surface area contributed by atoms with Crippen molar-refractivity contribution in [2.45, 2.75) is 45.7 Å². The molecule has 104 valence electrons. The summed E-state index contributed by atoms with van der Waals surface area (Å²) < 4.78 is 2.25. The number of unbranched alkanes of at least 4 members (excludes halogenated alkanes) is 1. The predicted molar refractivity (Wildman–Crippen MR) is 82.5 cm³/mol. The van der Waals surface area contributed by atoms with Crippen molar-refractivity contribution in [2.24, 2.45) is 0 Å². The smallest absolute Gasteiger partial charge is 0.149 e. The van der Waals surface area contributed by atoms with E-state index < -0.39 is 0 Å². The number of nitrogens with one attached hydrogen (secondary N) is 1. The van der Waals surface area contributed by atoms with Crippen LogP contribution in [0.2, 0.25) is 0 Å². The fraction of sp³-hybridized carbons (Fsp3) is 0.533. The highest BCUT2D eigenvalue weighted by molar-refractivity contribution is 7.13. The quantitative estimate of drug-likeness (QED) is 0.814. The number of rotatable bonds is 6. The molecule has 0 aromatic carbocycles. The lowest BCUT2D eigenvalue weighted by Gasteiger charge is -2.20. The van der Waals surface area contributed by atoms with Crippen molar-refractivity contribution < 1.29 is 0 Å². The Hall–Kier alpha value is -1.13. The van der Waals surface area contributed by atoms with Crippen LogP contribution >= 0.6 is 11.3 Å². The van der Waals surface area contributed by atoms with Gasteiger partial charge in [0, 0.05) is 24.5 Å². The summed E-state index contributed by atoms with van der Waals surface area (Å²) in [5.74, 6) is 1.10. The van der Waals surface area contributed by atoms with E-state index in [9.17, 15) is 0 Å². The number of hydrogen-bond acceptors (Lipinski definition) is 3. The number of aromatic nitrogens is 2. The molecule has 0 unspecified atom stereocenters.